The van der Waals surface area contributed by atoms with Crippen LogP contribution < -0.4 is 9.47 Å². The Balaban J connectivity index is 1.36. The van der Waals surface area contributed by atoms with Gasteiger partial charge < -0.3 is 9.47 Å². The molecule has 0 N–H and O–H groups in total. The molecular formula is C38H25FO4. The largest absolute Gasteiger partial charge is 0.423 e. The van der Waals surface area contributed by atoms with Crippen LogP contribution in [0.25, 0.3) is 0 Å². The third-order valence-electron chi connectivity index (χ3n) is 5.72. The molecule has 0 aliphatic carbocycles. The Morgan fingerprint density at radius 3 is 1.23 bits per heavy atom. The van der Waals surface area contributed by atoms with Crippen LogP contribution in [0.4, 0.5) is 4.39 Å². The molecule has 0 saturated heterocycles. The summed E-state index contributed by atoms with van der Waals surface area (Å²) in [5.74, 6) is 17.2. The molecule has 0 aliphatic heterocycles. The van der Waals surface area contributed by atoms with E-state index in [0.717, 1.165) is 16.7 Å². The van der Waals surface area contributed by atoms with Crippen LogP contribution >= 0.6 is 0 Å². The Labute approximate surface area is 250 Å². The van der Waals surface area contributed by atoms with Gasteiger partial charge in [-0.15, -0.1) is 0 Å². The van der Waals surface area contributed by atoms with Crippen LogP contribution in [0.5, 0.6) is 11.5 Å². The molecule has 0 aliphatic rings. The third-order valence-corrected chi connectivity index (χ3v) is 5.72. The zero-order valence-corrected chi connectivity index (χ0v) is 23.6. The second kappa shape index (κ2) is 14.0. The Kier molecular flexibility index (Phi) is 9.73. The second-order valence-corrected chi connectivity index (χ2v) is 9.41. The van der Waals surface area contributed by atoms with Gasteiger partial charge in [-0.1, -0.05) is 48.7 Å². The number of halogens is 1. The molecule has 4 rings (SSSR count). The van der Waals surface area contributed by atoms with Crippen LogP contribution in [0.15, 0.2) is 115 Å². The van der Waals surface area contributed by atoms with E-state index in [1.807, 2.05) is 24.3 Å². The van der Waals surface area contributed by atoms with Gasteiger partial charge in [0.25, 0.3) is 0 Å². The molecule has 208 valence electrons. The van der Waals surface area contributed by atoms with E-state index in [-0.39, 0.29) is 5.56 Å². The van der Waals surface area contributed by atoms with Crippen LogP contribution in [0.1, 0.15) is 47.2 Å². The van der Waals surface area contributed by atoms with Gasteiger partial charge in [-0.25, -0.2) is 14.0 Å². The number of carbonyl (C=O) groups excluding carboxylic acids is 2. The Morgan fingerprint density at radius 1 is 0.535 bits per heavy atom. The summed E-state index contributed by atoms with van der Waals surface area (Å²) < 4.78 is 25.0. The fraction of sp³-hybridized carbons (Fsp3) is 0.0526. The predicted molar refractivity (Wildman–Crippen MR) is 165 cm³/mol. The number of ether oxygens (including phenoxy) is 2. The number of benzene rings is 4. The van der Waals surface area contributed by atoms with Gasteiger partial charge in [0.1, 0.15) is 17.3 Å². The molecule has 0 fully saturated rings. The molecule has 0 saturated carbocycles. The standard InChI is InChI=1S/C38H25FO4/c1-26(2)37(40)42-34-21-15-30(16-22-34)10-9-28-5-7-29(8-6-28)11-12-32-14-20-33(36(39)25-32)19-13-31-17-23-35(24-18-31)43-38(41)27(3)4/h5-8,14-18,20-25H,1,3H2,2,4H3. The molecule has 4 nitrogen and oxygen atoms in total. The monoisotopic (exact) mass is 564 g/mol. The third kappa shape index (κ3) is 8.95. The molecule has 0 radical (unpaired) electrons. The average molecular weight is 565 g/mol. The van der Waals surface area contributed by atoms with E-state index in [9.17, 15) is 14.0 Å². The average Bonchev–Trinajstić information content (AvgIpc) is 3.00. The Hall–Kier alpha value is -6.09. The van der Waals surface area contributed by atoms with Gasteiger partial charge in [0.2, 0.25) is 0 Å². The van der Waals surface area contributed by atoms with Gasteiger partial charge in [-0.05, 0) is 105 Å². The molecule has 0 unspecified atom stereocenters. The molecule has 43 heavy (non-hydrogen) atoms. The van der Waals surface area contributed by atoms with Crippen molar-refractivity contribution in [1.82, 2.24) is 0 Å². The SMILES string of the molecule is C=C(C)C(=O)Oc1ccc(C#Cc2ccc(C#Cc3ccc(C#Cc4ccc(OC(=O)C(=C)C)cc4)c(F)c3)cc2)cc1. The number of esters is 2. The van der Waals surface area contributed by atoms with Crippen molar-refractivity contribution >= 4 is 11.9 Å². The second-order valence-electron chi connectivity index (χ2n) is 9.41. The van der Waals surface area contributed by atoms with E-state index >= 15 is 0 Å². The van der Waals surface area contributed by atoms with Crippen LogP contribution in [-0.4, -0.2) is 11.9 Å². The van der Waals surface area contributed by atoms with Crippen molar-refractivity contribution in [1.29, 1.82) is 0 Å². The van der Waals surface area contributed by atoms with Crippen molar-refractivity contribution in [2.75, 3.05) is 0 Å². The van der Waals surface area contributed by atoms with E-state index in [1.165, 1.54) is 6.07 Å². The molecule has 0 aromatic heterocycles. The zero-order valence-electron chi connectivity index (χ0n) is 23.6. The fourth-order valence-electron chi connectivity index (χ4n) is 3.36. The topological polar surface area (TPSA) is 52.6 Å². The van der Waals surface area contributed by atoms with Crippen LogP contribution in [0, 0.1) is 41.3 Å². The summed E-state index contributed by atoms with van der Waals surface area (Å²) in [4.78, 5) is 23.2. The molecule has 0 atom stereocenters. The first-order chi connectivity index (χ1) is 20.7. The van der Waals surface area contributed by atoms with Crippen molar-refractivity contribution in [2.24, 2.45) is 0 Å². The van der Waals surface area contributed by atoms with Gasteiger partial charge in [-0.2, -0.15) is 0 Å². The summed E-state index contributed by atoms with van der Waals surface area (Å²) in [6.07, 6.45) is 0. The van der Waals surface area contributed by atoms with E-state index in [0.29, 0.717) is 33.8 Å². The Morgan fingerprint density at radius 2 is 0.860 bits per heavy atom. The summed E-state index contributed by atoms with van der Waals surface area (Å²) in [5.41, 5.74) is 4.38. The molecule has 0 amide bonds. The number of hydrogen-bond acceptors (Lipinski definition) is 4. The van der Waals surface area contributed by atoms with Gasteiger partial charge in [0, 0.05) is 39.0 Å². The van der Waals surface area contributed by atoms with Gasteiger partial charge in [0.05, 0.1) is 5.56 Å². The van der Waals surface area contributed by atoms with E-state index in [2.05, 4.69) is 48.7 Å². The fourth-order valence-corrected chi connectivity index (χ4v) is 3.36. The number of rotatable bonds is 4. The highest BCUT2D eigenvalue weighted by Gasteiger charge is 2.06. The minimum atomic E-state index is -0.503. The summed E-state index contributed by atoms with van der Waals surface area (Å²) in [6.45, 7) is 10.3. The van der Waals surface area contributed by atoms with Gasteiger partial charge >= 0.3 is 11.9 Å². The lowest BCUT2D eigenvalue weighted by atomic mass is 10.1. The quantitative estimate of drug-likeness (QED) is 0.116. The summed E-state index contributed by atoms with van der Waals surface area (Å²) in [7, 11) is 0. The van der Waals surface area contributed by atoms with Crippen molar-refractivity contribution in [3.05, 3.63) is 154 Å². The highest BCUT2D eigenvalue weighted by Crippen LogP contribution is 2.15. The number of hydrogen-bond donors (Lipinski definition) is 0. The molecule has 0 heterocycles. The lowest BCUT2D eigenvalue weighted by Crippen LogP contribution is -2.07. The molecule has 0 spiro atoms. The van der Waals surface area contributed by atoms with Gasteiger partial charge in [0.15, 0.2) is 0 Å². The lowest BCUT2D eigenvalue weighted by molar-refractivity contribution is -0.130. The minimum absolute atomic E-state index is 0.244. The van der Waals surface area contributed by atoms with Crippen molar-refractivity contribution < 1.29 is 23.5 Å². The lowest BCUT2D eigenvalue weighted by Gasteiger charge is -2.03. The first-order valence-electron chi connectivity index (χ1n) is 13.1. The van der Waals surface area contributed by atoms with E-state index in [4.69, 9.17) is 9.47 Å². The molecule has 4 aromatic rings. The van der Waals surface area contributed by atoms with E-state index < -0.39 is 17.8 Å². The minimum Gasteiger partial charge on any atom is -0.423 e. The molecule has 4 aromatic carbocycles. The van der Waals surface area contributed by atoms with Crippen molar-refractivity contribution in [3.8, 4) is 47.0 Å². The maximum atomic E-state index is 14.7. The Bertz CT molecular complexity index is 1900. The normalized spacial score (nSPS) is 9.56. The first kappa shape index (κ1) is 29.9. The van der Waals surface area contributed by atoms with E-state index in [1.54, 1.807) is 74.5 Å². The van der Waals surface area contributed by atoms with Crippen molar-refractivity contribution in [3.63, 3.8) is 0 Å². The zero-order chi connectivity index (χ0) is 30.8. The van der Waals surface area contributed by atoms with Crippen LogP contribution in [-0.2, 0) is 9.59 Å². The summed E-state index contributed by atoms with van der Waals surface area (Å²) in [5, 5.41) is 0. The summed E-state index contributed by atoms with van der Waals surface area (Å²) >= 11 is 0. The maximum absolute atomic E-state index is 14.7. The molecular weight excluding hydrogens is 539 g/mol. The summed E-state index contributed by atoms with van der Waals surface area (Å²) in [6, 6.07) is 25.6. The van der Waals surface area contributed by atoms with Crippen LogP contribution in [0.2, 0.25) is 0 Å². The number of carbonyl (C=O) groups is 2. The molecule has 5 heteroatoms. The highest BCUT2D eigenvalue weighted by atomic mass is 19.1. The van der Waals surface area contributed by atoms with Crippen LogP contribution in [0.3, 0.4) is 0 Å². The maximum Gasteiger partial charge on any atom is 0.338 e. The first-order valence-corrected chi connectivity index (χ1v) is 13.1. The van der Waals surface area contributed by atoms with Crippen molar-refractivity contribution in [2.45, 2.75) is 13.8 Å². The predicted octanol–water partition coefficient (Wildman–Crippen LogP) is 6.99. The smallest absolute Gasteiger partial charge is 0.338 e. The van der Waals surface area contributed by atoms with Gasteiger partial charge in [-0.3, -0.25) is 0 Å². The highest BCUT2D eigenvalue weighted by molar-refractivity contribution is 5.89. The molecule has 0 bridgehead atoms.